The summed E-state index contributed by atoms with van der Waals surface area (Å²) in [6.07, 6.45) is 8.85. The second-order valence-corrected chi connectivity index (χ2v) is 5.97. The van der Waals surface area contributed by atoms with Gasteiger partial charge in [0.2, 0.25) is 0 Å². The lowest BCUT2D eigenvalue weighted by Gasteiger charge is -2.12. The number of aryl methyl sites for hydroxylation is 1. The van der Waals surface area contributed by atoms with Crippen LogP contribution in [0, 0.1) is 0 Å². The van der Waals surface area contributed by atoms with Gasteiger partial charge >= 0.3 is 11.8 Å². The summed E-state index contributed by atoms with van der Waals surface area (Å²) in [5.74, 6) is -1.12. The number of carbonyl (C=O) groups is 2. The normalized spacial score (nSPS) is 14.0. The Morgan fingerprint density at radius 1 is 1.00 bits per heavy atom. The molecule has 0 unspecified atom stereocenters. The Morgan fingerprint density at radius 3 is 2.35 bits per heavy atom. The van der Waals surface area contributed by atoms with Crippen LogP contribution in [0.2, 0.25) is 0 Å². The van der Waals surface area contributed by atoms with Crippen molar-refractivity contribution in [3.63, 3.8) is 0 Å². The SMILES string of the molecule is CCc1ccc(CNC(=O)C(=O)NCCC2=CCCCC2)cc1. The molecule has 124 valence electrons. The maximum absolute atomic E-state index is 11.8. The Morgan fingerprint density at radius 2 is 1.70 bits per heavy atom. The van der Waals surface area contributed by atoms with Crippen LogP contribution < -0.4 is 10.6 Å². The molecule has 0 bridgehead atoms. The van der Waals surface area contributed by atoms with Gasteiger partial charge < -0.3 is 10.6 Å². The summed E-state index contributed by atoms with van der Waals surface area (Å²) in [6, 6.07) is 8.04. The van der Waals surface area contributed by atoms with Crippen molar-refractivity contribution >= 4 is 11.8 Å². The van der Waals surface area contributed by atoms with Crippen LogP contribution in [0.4, 0.5) is 0 Å². The minimum atomic E-state index is -0.567. The molecule has 0 aliphatic heterocycles. The molecule has 0 radical (unpaired) electrons. The highest BCUT2D eigenvalue weighted by molar-refractivity contribution is 6.35. The molecule has 0 saturated carbocycles. The van der Waals surface area contributed by atoms with Crippen LogP contribution in [0.15, 0.2) is 35.9 Å². The van der Waals surface area contributed by atoms with Crippen LogP contribution in [0.1, 0.15) is 50.2 Å². The average molecular weight is 314 g/mol. The molecule has 4 heteroatoms. The van der Waals surface area contributed by atoms with Crippen LogP contribution in [0.3, 0.4) is 0 Å². The van der Waals surface area contributed by atoms with E-state index in [0.29, 0.717) is 13.1 Å². The van der Waals surface area contributed by atoms with E-state index in [1.54, 1.807) is 0 Å². The first-order valence-electron chi connectivity index (χ1n) is 8.50. The number of benzene rings is 1. The highest BCUT2D eigenvalue weighted by Gasteiger charge is 2.12. The van der Waals surface area contributed by atoms with Gasteiger partial charge in [-0.15, -0.1) is 0 Å². The third-order valence-corrected chi connectivity index (χ3v) is 4.21. The highest BCUT2D eigenvalue weighted by atomic mass is 16.2. The maximum Gasteiger partial charge on any atom is 0.309 e. The fourth-order valence-electron chi connectivity index (χ4n) is 2.70. The lowest BCUT2D eigenvalue weighted by Crippen LogP contribution is -2.40. The summed E-state index contributed by atoms with van der Waals surface area (Å²) in [5, 5.41) is 5.35. The van der Waals surface area contributed by atoms with Gasteiger partial charge in [0, 0.05) is 13.1 Å². The number of nitrogens with one attached hydrogen (secondary N) is 2. The first-order valence-corrected chi connectivity index (χ1v) is 8.50. The molecule has 1 aromatic rings. The molecule has 0 spiro atoms. The van der Waals surface area contributed by atoms with Crippen LogP contribution in [0.25, 0.3) is 0 Å². The number of amides is 2. The van der Waals surface area contributed by atoms with Gasteiger partial charge in [0.1, 0.15) is 0 Å². The third-order valence-electron chi connectivity index (χ3n) is 4.21. The predicted octanol–water partition coefficient (Wildman–Crippen LogP) is 2.87. The molecule has 2 amide bonds. The van der Waals surface area contributed by atoms with Crippen molar-refractivity contribution in [2.24, 2.45) is 0 Å². The van der Waals surface area contributed by atoms with Gasteiger partial charge in [0.05, 0.1) is 0 Å². The van der Waals surface area contributed by atoms with Gasteiger partial charge in [-0.2, -0.15) is 0 Å². The molecule has 0 fully saturated rings. The predicted molar refractivity (Wildman–Crippen MR) is 91.8 cm³/mol. The van der Waals surface area contributed by atoms with Gasteiger partial charge in [-0.1, -0.05) is 42.8 Å². The summed E-state index contributed by atoms with van der Waals surface area (Å²) < 4.78 is 0. The molecule has 1 aromatic carbocycles. The largest absolute Gasteiger partial charge is 0.348 e. The van der Waals surface area contributed by atoms with E-state index in [4.69, 9.17) is 0 Å². The Kier molecular flexibility index (Phi) is 6.85. The number of allylic oxidation sites excluding steroid dienone is 1. The van der Waals surface area contributed by atoms with E-state index in [9.17, 15) is 9.59 Å². The molecule has 1 aliphatic rings. The quantitative estimate of drug-likeness (QED) is 0.626. The van der Waals surface area contributed by atoms with Crippen molar-refractivity contribution in [1.82, 2.24) is 10.6 Å². The summed E-state index contributed by atoms with van der Waals surface area (Å²) in [4.78, 5) is 23.5. The van der Waals surface area contributed by atoms with Crippen LogP contribution in [-0.2, 0) is 22.6 Å². The Hall–Kier alpha value is -2.10. The zero-order valence-corrected chi connectivity index (χ0v) is 13.9. The molecule has 0 aromatic heterocycles. The van der Waals surface area contributed by atoms with Crippen LogP contribution >= 0.6 is 0 Å². The van der Waals surface area contributed by atoms with Gasteiger partial charge in [-0.25, -0.2) is 0 Å². The summed E-state index contributed by atoms with van der Waals surface area (Å²) in [7, 11) is 0. The summed E-state index contributed by atoms with van der Waals surface area (Å²) in [5.41, 5.74) is 3.65. The summed E-state index contributed by atoms with van der Waals surface area (Å²) >= 11 is 0. The Bertz CT molecular complexity index is 561. The molecule has 0 saturated heterocycles. The standard InChI is InChI=1S/C19H26N2O2/c1-2-15-8-10-17(11-9-15)14-21-19(23)18(22)20-13-12-16-6-4-3-5-7-16/h6,8-11H,2-5,7,12-14H2,1H3,(H,20,22)(H,21,23). The molecule has 4 nitrogen and oxygen atoms in total. The summed E-state index contributed by atoms with van der Waals surface area (Å²) in [6.45, 7) is 3.01. The van der Waals surface area contributed by atoms with Crippen LogP contribution in [0.5, 0.6) is 0 Å². The second kappa shape index (κ2) is 9.13. The molecule has 0 atom stereocenters. The third kappa shape index (κ3) is 5.89. The van der Waals surface area contributed by atoms with E-state index in [1.165, 1.54) is 24.0 Å². The zero-order valence-electron chi connectivity index (χ0n) is 13.9. The molecule has 2 rings (SSSR count). The number of carbonyl (C=O) groups excluding carboxylic acids is 2. The van der Waals surface area contributed by atoms with E-state index in [1.807, 2.05) is 24.3 Å². The van der Waals surface area contributed by atoms with Crippen molar-refractivity contribution in [2.75, 3.05) is 6.54 Å². The van der Waals surface area contributed by atoms with Crippen molar-refractivity contribution in [3.8, 4) is 0 Å². The number of hydrogen-bond donors (Lipinski definition) is 2. The van der Waals surface area contributed by atoms with Gasteiger partial charge in [-0.05, 0) is 49.7 Å². The molecule has 2 N–H and O–H groups in total. The van der Waals surface area contributed by atoms with E-state index >= 15 is 0 Å². The lowest BCUT2D eigenvalue weighted by molar-refractivity contribution is -0.139. The van der Waals surface area contributed by atoms with E-state index in [-0.39, 0.29) is 0 Å². The first kappa shape index (κ1) is 17.3. The molecular weight excluding hydrogens is 288 g/mol. The second-order valence-electron chi connectivity index (χ2n) is 5.97. The Labute approximate surface area is 138 Å². The van der Waals surface area contributed by atoms with Gasteiger partial charge in [0.25, 0.3) is 0 Å². The van der Waals surface area contributed by atoms with Crippen molar-refractivity contribution in [2.45, 2.75) is 52.0 Å². The van der Waals surface area contributed by atoms with Gasteiger partial charge in [0.15, 0.2) is 0 Å². The zero-order chi connectivity index (χ0) is 16.5. The smallest absolute Gasteiger partial charge is 0.309 e. The van der Waals surface area contributed by atoms with E-state index < -0.39 is 11.8 Å². The fraction of sp³-hybridized carbons (Fsp3) is 0.474. The lowest BCUT2D eigenvalue weighted by atomic mass is 9.97. The number of hydrogen-bond acceptors (Lipinski definition) is 2. The average Bonchev–Trinajstić information content (AvgIpc) is 2.61. The van der Waals surface area contributed by atoms with Crippen LogP contribution in [-0.4, -0.2) is 18.4 Å². The molecule has 23 heavy (non-hydrogen) atoms. The Balaban J connectivity index is 1.67. The van der Waals surface area contributed by atoms with Crippen molar-refractivity contribution < 1.29 is 9.59 Å². The minimum Gasteiger partial charge on any atom is -0.348 e. The van der Waals surface area contributed by atoms with E-state index in [2.05, 4.69) is 23.6 Å². The van der Waals surface area contributed by atoms with Gasteiger partial charge in [-0.3, -0.25) is 9.59 Å². The first-order chi connectivity index (χ1) is 11.2. The number of rotatable bonds is 6. The minimum absolute atomic E-state index is 0.376. The molecular formula is C19H26N2O2. The molecule has 0 heterocycles. The van der Waals surface area contributed by atoms with Crippen molar-refractivity contribution in [3.05, 3.63) is 47.0 Å². The van der Waals surface area contributed by atoms with E-state index in [0.717, 1.165) is 31.2 Å². The molecule has 1 aliphatic carbocycles. The maximum atomic E-state index is 11.8. The van der Waals surface area contributed by atoms with Crippen molar-refractivity contribution in [1.29, 1.82) is 0 Å². The monoisotopic (exact) mass is 314 g/mol. The topological polar surface area (TPSA) is 58.2 Å². The fourth-order valence-corrected chi connectivity index (χ4v) is 2.70. The highest BCUT2D eigenvalue weighted by Crippen LogP contribution is 2.19.